The zero-order valence-corrected chi connectivity index (χ0v) is 9.40. The van der Waals surface area contributed by atoms with Crippen LogP contribution >= 0.6 is 22.7 Å². The number of anilines is 1. The summed E-state index contributed by atoms with van der Waals surface area (Å²) in [5.74, 6) is -0.868. The minimum atomic E-state index is -0.868. The maximum Gasteiger partial charge on any atom is 0.336 e. The predicted octanol–water partition coefficient (Wildman–Crippen LogP) is 3.12. The van der Waals surface area contributed by atoms with E-state index < -0.39 is 5.97 Å². The molecule has 0 saturated carbocycles. The maximum absolute atomic E-state index is 10.6. The van der Waals surface area contributed by atoms with Crippen molar-refractivity contribution in [3.8, 4) is 0 Å². The first-order chi connectivity index (χ1) is 7.25. The normalized spacial score (nSPS) is 10.1. The molecule has 78 valence electrons. The van der Waals surface area contributed by atoms with Gasteiger partial charge in [-0.05, 0) is 17.5 Å². The molecule has 0 radical (unpaired) electrons. The lowest BCUT2D eigenvalue weighted by molar-refractivity contribution is 0.0697. The summed E-state index contributed by atoms with van der Waals surface area (Å²) >= 11 is 3.09. The number of carbonyl (C=O) groups is 1. The van der Waals surface area contributed by atoms with Crippen molar-refractivity contribution in [2.24, 2.45) is 0 Å². The molecule has 2 N–H and O–H groups in total. The van der Waals surface area contributed by atoms with E-state index in [2.05, 4.69) is 5.32 Å². The predicted molar refractivity (Wildman–Crippen MR) is 62.9 cm³/mol. The van der Waals surface area contributed by atoms with Gasteiger partial charge in [-0.25, -0.2) is 4.79 Å². The monoisotopic (exact) mass is 239 g/mol. The van der Waals surface area contributed by atoms with Gasteiger partial charge in [-0.2, -0.15) is 11.3 Å². The third kappa shape index (κ3) is 2.57. The Labute approximate surface area is 95.0 Å². The average Bonchev–Trinajstić information content (AvgIpc) is 2.86. The van der Waals surface area contributed by atoms with E-state index in [4.69, 9.17) is 5.11 Å². The van der Waals surface area contributed by atoms with Gasteiger partial charge < -0.3 is 10.4 Å². The summed E-state index contributed by atoms with van der Waals surface area (Å²) in [6, 6.07) is 3.70. The molecule has 0 saturated heterocycles. The highest BCUT2D eigenvalue weighted by Crippen LogP contribution is 2.18. The van der Waals surface area contributed by atoms with Crippen molar-refractivity contribution in [1.29, 1.82) is 0 Å². The molecule has 2 rings (SSSR count). The fourth-order valence-corrected chi connectivity index (χ4v) is 2.55. The van der Waals surface area contributed by atoms with E-state index in [9.17, 15) is 4.79 Å². The van der Waals surface area contributed by atoms with E-state index in [0.717, 1.165) is 10.6 Å². The van der Waals surface area contributed by atoms with Gasteiger partial charge in [-0.3, -0.25) is 0 Å². The summed E-state index contributed by atoms with van der Waals surface area (Å²) in [4.78, 5) is 11.7. The molecule has 0 aliphatic carbocycles. The van der Waals surface area contributed by atoms with Crippen molar-refractivity contribution in [2.75, 3.05) is 5.32 Å². The Morgan fingerprint density at radius 3 is 2.93 bits per heavy atom. The third-order valence-corrected chi connectivity index (χ3v) is 3.51. The fraction of sp³-hybridized carbons (Fsp3) is 0.100. The molecule has 0 unspecified atom stereocenters. The molecule has 2 heterocycles. The van der Waals surface area contributed by atoms with Crippen LogP contribution in [0.4, 0.5) is 5.69 Å². The smallest absolute Gasteiger partial charge is 0.336 e. The number of rotatable bonds is 4. The highest BCUT2D eigenvalue weighted by molar-refractivity contribution is 7.10. The number of carboxylic acid groups (broad SMARTS) is 1. The molecule has 2 aromatic rings. The Morgan fingerprint density at radius 1 is 1.47 bits per heavy atom. The maximum atomic E-state index is 10.6. The molecule has 0 fully saturated rings. The summed E-state index contributed by atoms with van der Waals surface area (Å²) in [7, 11) is 0. The SMILES string of the molecule is O=C(O)c1csc(CNc2ccsc2)c1. The Hall–Kier alpha value is -1.33. The van der Waals surface area contributed by atoms with Crippen LogP contribution in [0.25, 0.3) is 0 Å². The molecular formula is C10H9NO2S2. The lowest BCUT2D eigenvalue weighted by atomic mass is 10.3. The van der Waals surface area contributed by atoms with Crippen molar-refractivity contribution in [2.45, 2.75) is 6.54 Å². The third-order valence-electron chi connectivity index (χ3n) is 1.89. The van der Waals surface area contributed by atoms with E-state index in [-0.39, 0.29) is 0 Å². The van der Waals surface area contributed by atoms with Gasteiger partial charge in [0.05, 0.1) is 5.56 Å². The van der Waals surface area contributed by atoms with E-state index >= 15 is 0 Å². The second-order valence-corrected chi connectivity index (χ2v) is 4.75. The van der Waals surface area contributed by atoms with Crippen molar-refractivity contribution in [1.82, 2.24) is 0 Å². The number of carboxylic acids is 1. The molecule has 0 aliphatic rings. The lowest BCUT2D eigenvalue weighted by Gasteiger charge is -1.99. The summed E-state index contributed by atoms with van der Waals surface area (Å²) in [5.41, 5.74) is 1.44. The van der Waals surface area contributed by atoms with Crippen LogP contribution in [-0.4, -0.2) is 11.1 Å². The van der Waals surface area contributed by atoms with Gasteiger partial charge in [-0.15, -0.1) is 11.3 Å². The Morgan fingerprint density at radius 2 is 2.33 bits per heavy atom. The van der Waals surface area contributed by atoms with Crippen LogP contribution in [0.2, 0.25) is 0 Å². The van der Waals surface area contributed by atoms with Gasteiger partial charge in [0.25, 0.3) is 0 Å². The Balaban J connectivity index is 1.96. The minimum absolute atomic E-state index is 0.363. The van der Waals surface area contributed by atoms with Gasteiger partial charge in [0.1, 0.15) is 0 Å². The number of nitrogens with one attached hydrogen (secondary N) is 1. The average molecular weight is 239 g/mol. The zero-order chi connectivity index (χ0) is 10.7. The van der Waals surface area contributed by atoms with Gasteiger partial charge in [0, 0.05) is 27.9 Å². The molecule has 0 aliphatic heterocycles. The molecule has 3 nitrogen and oxygen atoms in total. The zero-order valence-electron chi connectivity index (χ0n) is 7.77. The second-order valence-electron chi connectivity index (χ2n) is 2.97. The molecule has 15 heavy (non-hydrogen) atoms. The Bertz CT molecular complexity index is 448. The molecular weight excluding hydrogens is 230 g/mol. The quantitative estimate of drug-likeness (QED) is 0.861. The van der Waals surface area contributed by atoms with Crippen LogP contribution in [0.3, 0.4) is 0 Å². The van der Waals surface area contributed by atoms with Gasteiger partial charge >= 0.3 is 5.97 Å². The highest BCUT2D eigenvalue weighted by atomic mass is 32.1. The Kier molecular flexibility index (Phi) is 3.03. The summed E-state index contributed by atoms with van der Waals surface area (Å²) in [6.07, 6.45) is 0. The summed E-state index contributed by atoms with van der Waals surface area (Å²) in [6.45, 7) is 0.675. The molecule has 0 amide bonds. The number of thiophene rings is 2. The van der Waals surface area contributed by atoms with E-state index in [1.807, 2.05) is 16.8 Å². The van der Waals surface area contributed by atoms with Crippen molar-refractivity contribution in [3.63, 3.8) is 0 Å². The molecule has 0 aromatic carbocycles. The summed E-state index contributed by atoms with van der Waals surface area (Å²) in [5, 5.41) is 17.6. The van der Waals surface area contributed by atoms with Crippen LogP contribution in [0, 0.1) is 0 Å². The van der Waals surface area contributed by atoms with Gasteiger partial charge in [0.2, 0.25) is 0 Å². The van der Waals surface area contributed by atoms with Crippen LogP contribution in [-0.2, 0) is 6.54 Å². The van der Waals surface area contributed by atoms with Crippen LogP contribution in [0.5, 0.6) is 0 Å². The molecule has 5 heteroatoms. The summed E-state index contributed by atoms with van der Waals surface area (Å²) < 4.78 is 0. The first-order valence-corrected chi connectivity index (χ1v) is 6.15. The van der Waals surface area contributed by atoms with Crippen LogP contribution in [0.1, 0.15) is 15.2 Å². The van der Waals surface area contributed by atoms with E-state index in [1.54, 1.807) is 22.8 Å². The first kappa shape index (κ1) is 10.2. The standard InChI is InChI=1S/C10H9NO2S2/c12-10(13)7-3-9(15-5-7)4-11-8-1-2-14-6-8/h1-3,5-6,11H,4H2,(H,12,13). The molecule has 2 aromatic heterocycles. The lowest BCUT2D eigenvalue weighted by Crippen LogP contribution is -1.96. The topological polar surface area (TPSA) is 49.3 Å². The van der Waals surface area contributed by atoms with E-state index in [0.29, 0.717) is 12.1 Å². The molecule has 0 spiro atoms. The van der Waals surface area contributed by atoms with Gasteiger partial charge in [-0.1, -0.05) is 0 Å². The van der Waals surface area contributed by atoms with Crippen molar-refractivity contribution >= 4 is 34.3 Å². The fourth-order valence-electron chi connectivity index (χ4n) is 1.14. The molecule has 0 bridgehead atoms. The van der Waals surface area contributed by atoms with Gasteiger partial charge in [0.15, 0.2) is 0 Å². The van der Waals surface area contributed by atoms with Crippen LogP contribution < -0.4 is 5.32 Å². The number of hydrogen-bond donors (Lipinski definition) is 2. The van der Waals surface area contributed by atoms with Crippen LogP contribution in [0.15, 0.2) is 28.3 Å². The molecule has 0 atom stereocenters. The second kappa shape index (κ2) is 4.46. The largest absolute Gasteiger partial charge is 0.478 e. The number of aromatic carboxylic acids is 1. The van der Waals surface area contributed by atoms with Crippen molar-refractivity contribution < 1.29 is 9.90 Å². The van der Waals surface area contributed by atoms with Crippen molar-refractivity contribution in [3.05, 3.63) is 38.7 Å². The minimum Gasteiger partial charge on any atom is -0.478 e. The first-order valence-electron chi connectivity index (χ1n) is 4.32. The highest BCUT2D eigenvalue weighted by Gasteiger charge is 2.05. The number of hydrogen-bond acceptors (Lipinski definition) is 4. The van der Waals surface area contributed by atoms with E-state index in [1.165, 1.54) is 11.3 Å².